The lowest BCUT2D eigenvalue weighted by atomic mass is 10.1. The van der Waals surface area contributed by atoms with Crippen LogP contribution in [0.25, 0.3) is 0 Å². The first-order valence-corrected chi connectivity index (χ1v) is 6.30. The van der Waals surface area contributed by atoms with Crippen LogP contribution >= 0.6 is 0 Å². The number of rotatable bonds is 4. The Hall–Kier alpha value is -1.36. The van der Waals surface area contributed by atoms with Crippen molar-refractivity contribution in [3.8, 4) is 0 Å². The fourth-order valence-corrected chi connectivity index (χ4v) is 1.45. The predicted octanol–water partition coefficient (Wildman–Crippen LogP) is 1.78. The highest BCUT2D eigenvalue weighted by atomic mass is 15.2. The van der Waals surface area contributed by atoms with Gasteiger partial charge in [0.15, 0.2) is 0 Å². The molecule has 0 saturated heterocycles. The van der Waals surface area contributed by atoms with Gasteiger partial charge in [0.25, 0.3) is 0 Å². The molecule has 0 aliphatic heterocycles. The summed E-state index contributed by atoms with van der Waals surface area (Å²) in [6, 6.07) is 2.16. The van der Waals surface area contributed by atoms with Gasteiger partial charge in [0, 0.05) is 31.2 Å². The van der Waals surface area contributed by atoms with Gasteiger partial charge < -0.3 is 16.0 Å². The number of nitrogens with one attached hydrogen (secondary N) is 1. The fourth-order valence-electron chi connectivity index (χ4n) is 1.45. The Kier molecular flexibility index (Phi) is 4.51. The molecule has 0 spiro atoms. The summed E-state index contributed by atoms with van der Waals surface area (Å²) in [7, 11) is 2.04. The lowest BCUT2D eigenvalue weighted by molar-refractivity contribution is 0.533. The molecule has 1 heterocycles. The van der Waals surface area contributed by atoms with Crippen LogP contribution in [-0.4, -0.2) is 35.1 Å². The molecule has 0 amide bonds. The maximum absolute atomic E-state index is 5.61. The number of aromatic nitrogens is 2. The van der Waals surface area contributed by atoms with Gasteiger partial charge in [-0.25, -0.2) is 9.97 Å². The summed E-state index contributed by atoms with van der Waals surface area (Å²) in [4.78, 5) is 11.0. The SMILES string of the molecule is Cc1nc(NC(C)CN)cc(N(C)C(C)(C)C)n1. The van der Waals surface area contributed by atoms with Crippen LogP contribution in [0.3, 0.4) is 0 Å². The van der Waals surface area contributed by atoms with Crippen LogP contribution in [-0.2, 0) is 0 Å². The number of hydrogen-bond acceptors (Lipinski definition) is 5. The van der Waals surface area contributed by atoms with Gasteiger partial charge in [-0.15, -0.1) is 0 Å². The van der Waals surface area contributed by atoms with E-state index >= 15 is 0 Å². The highest BCUT2D eigenvalue weighted by molar-refractivity contribution is 5.50. The standard InChI is InChI=1S/C13H25N5/c1-9(8-14)15-11-7-12(17-10(2)16-11)18(6)13(3,4)5/h7,9H,8,14H2,1-6H3,(H,15,16,17). The van der Waals surface area contributed by atoms with Crippen LogP contribution in [0.15, 0.2) is 6.07 Å². The Balaban J connectivity index is 3.01. The molecule has 3 N–H and O–H groups in total. The minimum absolute atomic E-state index is 0.0253. The maximum Gasteiger partial charge on any atom is 0.134 e. The van der Waals surface area contributed by atoms with Crippen molar-refractivity contribution in [1.29, 1.82) is 0 Å². The molecule has 1 unspecified atom stereocenters. The van der Waals surface area contributed by atoms with Gasteiger partial charge in [0.1, 0.15) is 17.5 Å². The van der Waals surface area contributed by atoms with E-state index in [2.05, 4.69) is 41.0 Å². The molecule has 1 atom stereocenters. The Morgan fingerprint density at radius 1 is 1.39 bits per heavy atom. The normalized spacial score (nSPS) is 13.3. The van der Waals surface area contributed by atoms with Gasteiger partial charge in [0.05, 0.1) is 0 Å². The molecule has 0 aromatic carbocycles. The van der Waals surface area contributed by atoms with E-state index in [9.17, 15) is 0 Å². The molecule has 0 aliphatic carbocycles. The van der Waals surface area contributed by atoms with Crippen LogP contribution in [0.2, 0.25) is 0 Å². The summed E-state index contributed by atoms with van der Waals surface area (Å²) < 4.78 is 0. The molecular weight excluding hydrogens is 226 g/mol. The molecule has 0 bridgehead atoms. The first-order valence-electron chi connectivity index (χ1n) is 6.30. The second kappa shape index (κ2) is 5.52. The monoisotopic (exact) mass is 251 g/mol. The van der Waals surface area contributed by atoms with E-state index in [0.29, 0.717) is 6.54 Å². The Morgan fingerprint density at radius 3 is 2.50 bits per heavy atom. The van der Waals surface area contributed by atoms with Crippen molar-refractivity contribution >= 4 is 11.6 Å². The third-order valence-electron chi connectivity index (χ3n) is 2.92. The minimum Gasteiger partial charge on any atom is -0.366 e. The molecule has 18 heavy (non-hydrogen) atoms. The van der Waals surface area contributed by atoms with Crippen molar-refractivity contribution < 1.29 is 0 Å². The maximum atomic E-state index is 5.61. The lowest BCUT2D eigenvalue weighted by Gasteiger charge is -2.33. The lowest BCUT2D eigenvalue weighted by Crippen LogP contribution is -2.38. The Bertz CT molecular complexity index is 397. The fraction of sp³-hybridized carbons (Fsp3) is 0.692. The average molecular weight is 251 g/mol. The third kappa shape index (κ3) is 3.84. The van der Waals surface area contributed by atoms with Crippen molar-refractivity contribution in [2.75, 3.05) is 23.8 Å². The van der Waals surface area contributed by atoms with Crippen LogP contribution in [0.4, 0.5) is 11.6 Å². The molecule has 5 heteroatoms. The molecule has 1 aromatic heterocycles. The smallest absolute Gasteiger partial charge is 0.134 e. The van der Waals surface area contributed by atoms with Crippen molar-refractivity contribution in [2.24, 2.45) is 5.73 Å². The minimum atomic E-state index is 0.0253. The third-order valence-corrected chi connectivity index (χ3v) is 2.92. The van der Waals surface area contributed by atoms with E-state index in [-0.39, 0.29) is 11.6 Å². The van der Waals surface area contributed by atoms with E-state index in [0.717, 1.165) is 17.5 Å². The summed E-state index contributed by atoms with van der Waals surface area (Å²) in [6.07, 6.45) is 0. The van der Waals surface area contributed by atoms with E-state index in [1.807, 2.05) is 27.0 Å². The van der Waals surface area contributed by atoms with E-state index < -0.39 is 0 Å². The number of hydrogen-bond donors (Lipinski definition) is 2. The molecule has 1 aromatic rings. The molecular formula is C13H25N5. The molecule has 5 nitrogen and oxygen atoms in total. The molecule has 0 fully saturated rings. The largest absolute Gasteiger partial charge is 0.366 e. The van der Waals surface area contributed by atoms with Gasteiger partial charge in [-0.05, 0) is 34.6 Å². The molecule has 0 aliphatic rings. The zero-order valence-corrected chi connectivity index (χ0v) is 12.3. The second-order valence-corrected chi connectivity index (χ2v) is 5.67. The van der Waals surface area contributed by atoms with E-state index in [1.54, 1.807) is 0 Å². The first kappa shape index (κ1) is 14.7. The van der Waals surface area contributed by atoms with E-state index in [1.165, 1.54) is 0 Å². The zero-order chi connectivity index (χ0) is 13.9. The average Bonchev–Trinajstić information content (AvgIpc) is 2.25. The van der Waals surface area contributed by atoms with E-state index in [4.69, 9.17) is 5.73 Å². The van der Waals surface area contributed by atoms with Crippen molar-refractivity contribution in [3.05, 3.63) is 11.9 Å². The first-order chi connectivity index (χ1) is 8.24. The molecule has 0 radical (unpaired) electrons. The topological polar surface area (TPSA) is 67.1 Å². The van der Waals surface area contributed by atoms with Gasteiger partial charge in [-0.3, -0.25) is 0 Å². The van der Waals surface area contributed by atoms with Gasteiger partial charge >= 0.3 is 0 Å². The number of aryl methyl sites for hydroxylation is 1. The highest BCUT2D eigenvalue weighted by Gasteiger charge is 2.19. The Morgan fingerprint density at radius 2 is 2.00 bits per heavy atom. The number of nitrogens with zero attached hydrogens (tertiary/aromatic N) is 3. The molecule has 1 rings (SSSR count). The van der Waals surface area contributed by atoms with Gasteiger partial charge in [-0.1, -0.05) is 0 Å². The predicted molar refractivity (Wildman–Crippen MR) is 77.1 cm³/mol. The zero-order valence-electron chi connectivity index (χ0n) is 12.3. The molecule has 0 saturated carbocycles. The Labute approximate surface area is 110 Å². The molecule has 102 valence electrons. The summed E-state index contributed by atoms with van der Waals surface area (Å²) in [6.45, 7) is 11.0. The summed E-state index contributed by atoms with van der Waals surface area (Å²) in [5.41, 5.74) is 5.63. The number of nitrogens with two attached hydrogens (primary N) is 1. The van der Waals surface area contributed by atoms with Gasteiger partial charge in [-0.2, -0.15) is 0 Å². The quantitative estimate of drug-likeness (QED) is 0.854. The van der Waals surface area contributed by atoms with Crippen molar-refractivity contribution in [3.63, 3.8) is 0 Å². The van der Waals surface area contributed by atoms with Crippen molar-refractivity contribution in [1.82, 2.24) is 9.97 Å². The van der Waals surface area contributed by atoms with Gasteiger partial charge in [0.2, 0.25) is 0 Å². The van der Waals surface area contributed by atoms with Crippen LogP contribution < -0.4 is 16.0 Å². The second-order valence-electron chi connectivity index (χ2n) is 5.67. The summed E-state index contributed by atoms with van der Waals surface area (Å²) in [5, 5.41) is 3.28. The van der Waals surface area contributed by atoms with Crippen LogP contribution in [0.1, 0.15) is 33.5 Å². The van der Waals surface area contributed by atoms with Crippen molar-refractivity contribution in [2.45, 2.75) is 46.2 Å². The van der Waals surface area contributed by atoms with Crippen LogP contribution in [0, 0.1) is 6.92 Å². The highest BCUT2D eigenvalue weighted by Crippen LogP contribution is 2.22. The summed E-state index contributed by atoms with van der Waals surface area (Å²) >= 11 is 0. The summed E-state index contributed by atoms with van der Waals surface area (Å²) in [5.74, 6) is 2.50. The number of anilines is 2. The van der Waals surface area contributed by atoms with Crippen LogP contribution in [0.5, 0.6) is 0 Å².